The first-order chi connectivity index (χ1) is 21.6. The lowest BCUT2D eigenvalue weighted by Gasteiger charge is -2.14. The molecule has 6 N–H and O–H groups in total. The molecule has 3 aromatic carbocycles. The second-order valence-electron chi connectivity index (χ2n) is 10.5. The van der Waals surface area contributed by atoms with Crippen LogP contribution in [-0.4, -0.2) is 83.7 Å². The average Bonchev–Trinajstić information content (AvgIpc) is 3.04. The van der Waals surface area contributed by atoms with Crippen LogP contribution in [0.5, 0.6) is 34.5 Å². The zero-order chi connectivity index (χ0) is 32.5. The predicted molar refractivity (Wildman–Crippen MR) is 167 cm³/mol. The number of rotatable bonds is 15. The van der Waals surface area contributed by atoms with E-state index in [9.17, 15) is 30.6 Å². The Kier molecular flexibility index (Phi) is 11.4. The van der Waals surface area contributed by atoms with E-state index in [1.807, 2.05) is 20.8 Å². The van der Waals surface area contributed by atoms with Crippen LogP contribution in [0.1, 0.15) is 40.0 Å². The number of aromatic nitrogens is 3. The second-order valence-corrected chi connectivity index (χ2v) is 10.5. The Bertz CT molecular complexity index is 1390. The molecule has 0 fully saturated rings. The molecular formula is C33H39N3O9. The van der Waals surface area contributed by atoms with E-state index in [-0.39, 0.29) is 71.2 Å². The number of aliphatic hydroxyl groups is 3. The van der Waals surface area contributed by atoms with Gasteiger partial charge >= 0.3 is 0 Å². The number of aliphatic hydroxyl groups excluding tert-OH is 3. The molecular weight excluding hydrogens is 582 g/mol. The molecule has 4 rings (SSSR count). The van der Waals surface area contributed by atoms with E-state index in [2.05, 4.69) is 15.0 Å². The molecule has 4 aromatic rings. The van der Waals surface area contributed by atoms with Crippen molar-refractivity contribution in [2.75, 3.05) is 19.8 Å². The molecule has 45 heavy (non-hydrogen) atoms. The maximum atomic E-state index is 10.9. The van der Waals surface area contributed by atoms with Crippen LogP contribution in [0.15, 0.2) is 54.6 Å². The summed E-state index contributed by atoms with van der Waals surface area (Å²) in [5, 5.41) is 62.2. The summed E-state index contributed by atoms with van der Waals surface area (Å²) < 4.78 is 16.7. The maximum Gasteiger partial charge on any atom is 0.167 e. The van der Waals surface area contributed by atoms with Gasteiger partial charge in [-0.1, -0.05) is 20.8 Å². The SMILES string of the molecule is CCC(O)COc1ccc(-c2nc(-c3ccc(OCC(O)CC)cc3O)nc(-c3ccc(OCC(O)CC)cc3O)n2)c(O)c1. The highest BCUT2D eigenvalue weighted by atomic mass is 16.5. The van der Waals surface area contributed by atoms with Crippen molar-refractivity contribution < 1.29 is 44.8 Å². The average molecular weight is 622 g/mol. The van der Waals surface area contributed by atoms with Crippen molar-refractivity contribution in [1.29, 1.82) is 0 Å². The number of aromatic hydroxyl groups is 3. The van der Waals surface area contributed by atoms with Gasteiger partial charge in [-0.2, -0.15) is 0 Å². The molecule has 1 heterocycles. The molecule has 0 spiro atoms. The summed E-state index contributed by atoms with van der Waals surface area (Å²) in [6.45, 7) is 5.66. The van der Waals surface area contributed by atoms with Gasteiger partial charge in [0.2, 0.25) is 0 Å². The first-order valence-electron chi connectivity index (χ1n) is 14.8. The quantitative estimate of drug-likeness (QED) is 0.110. The van der Waals surface area contributed by atoms with Crippen LogP contribution < -0.4 is 14.2 Å². The van der Waals surface area contributed by atoms with Crippen LogP contribution in [0.3, 0.4) is 0 Å². The van der Waals surface area contributed by atoms with E-state index in [0.29, 0.717) is 36.5 Å². The van der Waals surface area contributed by atoms with Crippen molar-refractivity contribution in [1.82, 2.24) is 15.0 Å². The molecule has 3 atom stereocenters. The predicted octanol–water partition coefficient (Wildman–Crippen LogP) is 4.44. The van der Waals surface area contributed by atoms with Gasteiger partial charge in [0.05, 0.1) is 35.0 Å². The number of phenolic OH excluding ortho intramolecular Hbond substituents is 3. The summed E-state index contributed by atoms with van der Waals surface area (Å²) in [4.78, 5) is 13.6. The summed E-state index contributed by atoms with van der Waals surface area (Å²) in [5.74, 6) is 0.533. The summed E-state index contributed by atoms with van der Waals surface area (Å²) in [6, 6.07) is 13.6. The van der Waals surface area contributed by atoms with Crippen LogP contribution >= 0.6 is 0 Å². The fraction of sp³-hybridized carbons (Fsp3) is 0.364. The highest BCUT2D eigenvalue weighted by Gasteiger charge is 2.20. The topological polar surface area (TPSA) is 188 Å². The minimum atomic E-state index is -0.650. The van der Waals surface area contributed by atoms with Crippen LogP contribution in [0.4, 0.5) is 0 Å². The van der Waals surface area contributed by atoms with Gasteiger partial charge in [0.15, 0.2) is 17.5 Å². The van der Waals surface area contributed by atoms with Gasteiger partial charge in [-0.15, -0.1) is 0 Å². The number of ether oxygens (including phenoxy) is 3. The molecule has 12 heteroatoms. The minimum Gasteiger partial charge on any atom is -0.507 e. The number of phenols is 3. The van der Waals surface area contributed by atoms with Gasteiger partial charge in [0.25, 0.3) is 0 Å². The van der Waals surface area contributed by atoms with Crippen LogP contribution in [0, 0.1) is 0 Å². The van der Waals surface area contributed by atoms with Crippen molar-refractivity contribution in [3.8, 4) is 68.7 Å². The van der Waals surface area contributed by atoms with E-state index >= 15 is 0 Å². The first-order valence-corrected chi connectivity index (χ1v) is 14.8. The Labute approximate surface area is 261 Å². The normalized spacial score (nSPS) is 13.2. The second kappa shape index (κ2) is 15.4. The number of benzene rings is 3. The molecule has 1 aromatic heterocycles. The Morgan fingerprint density at radius 1 is 0.489 bits per heavy atom. The van der Waals surface area contributed by atoms with Crippen molar-refractivity contribution in [3.63, 3.8) is 0 Å². The third-order valence-corrected chi connectivity index (χ3v) is 7.01. The van der Waals surface area contributed by atoms with E-state index in [1.165, 1.54) is 18.2 Å². The molecule has 0 radical (unpaired) electrons. The van der Waals surface area contributed by atoms with Gasteiger partial charge in [0.1, 0.15) is 54.3 Å². The standard InChI is InChI=1S/C33H39N3O9/c1-4-19(37)16-43-22-7-10-25(28(40)13-22)31-34-32(26-11-8-23(14-29(26)41)44-17-20(38)5-2)36-33(35-31)27-12-9-24(15-30(27)42)45-18-21(39)6-3/h7-15,19-21,37-42H,4-6,16-18H2,1-3H3. The molecule has 0 amide bonds. The third-order valence-electron chi connectivity index (χ3n) is 7.01. The van der Waals surface area contributed by atoms with Crippen molar-refractivity contribution in [2.24, 2.45) is 0 Å². The molecule has 0 aliphatic carbocycles. The van der Waals surface area contributed by atoms with Crippen molar-refractivity contribution in [3.05, 3.63) is 54.6 Å². The zero-order valence-corrected chi connectivity index (χ0v) is 25.4. The lowest BCUT2D eigenvalue weighted by atomic mass is 10.1. The minimum absolute atomic E-state index is 0.0456. The van der Waals surface area contributed by atoms with E-state index in [1.54, 1.807) is 36.4 Å². The smallest absolute Gasteiger partial charge is 0.167 e. The molecule has 0 saturated carbocycles. The van der Waals surface area contributed by atoms with Crippen LogP contribution in [0.2, 0.25) is 0 Å². The summed E-state index contributed by atoms with van der Waals surface area (Å²) >= 11 is 0. The molecule has 3 unspecified atom stereocenters. The van der Waals surface area contributed by atoms with Crippen molar-refractivity contribution in [2.45, 2.75) is 58.3 Å². The molecule has 0 aliphatic heterocycles. The summed E-state index contributed by atoms with van der Waals surface area (Å²) in [6.07, 6.45) is -0.404. The fourth-order valence-corrected chi connectivity index (χ4v) is 4.04. The molecule has 0 aliphatic rings. The Balaban J connectivity index is 1.75. The lowest BCUT2D eigenvalue weighted by Crippen LogP contribution is -2.16. The van der Waals surface area contributed by atoms with E-state index in [0.717, 1.165) is 0 Å². The number of hydrogen-bond acceptors (Lipinski definition) is 12. The van der Waals surface area contributed by atoms with Gasteiger partial charge < -0.3 is 44.8 Å². The Hall–Kier alpha value is -4.65. The fourth-order valence-electron chi connectivity index (χ4n) is 4.04. The largest absolute Gasteiger partial charge is 0.507 e. The van der Waals surface area contributed by atoms with Gasteiger partial charge in [-0.25, -0.2) is 15.0 Å². The third kappa shape index (κ3) is 8.72. The lowest BCUT2D eigenvalue weighted by molar-refractivity contribution is 0.104. The van der Waals surface area contributed by atoms with Crippen molar-refractivity contribution >= 4 is 0 Å². The summed E-state index contributed by atoms with van der Waals surface area (Å²) in [5.41, 5.74) is 0.679. The molecule has 240 valence electrons. The van der Waals surface area contributed by atoms with Crippen LogP contribution in [0.25, 0.3) is 34.2 Å². The monoisotopic (exact) mass is 621 g/mol. The molecule has 12 nitrogen and oxygen atoms in total. The zero-order valence-electron chi connectivity index (χ0n) is 25.4. The number of hydrogen-bond donors (Lipinski definition) is 6. The summed E-state index contributed by atoms with van der Waals surface area (Å²) in [7, 11) is 0. The Morgan fingerprint density at radius 3 is 0.978 bits per heavy atom. The highest BCUT2D eigenvalue weighted by Crippen LogP contribution is 2.37. The van der Waals surface area contributed by atoms with Gasteiger partial charge in [-0.05, 0) is 55.7 Å². The van der Waals surface area contributed by atoms with Gasteiger partial charge in [-0.3, -0.25) is 0 Å². The van der Waals surface area contributed by atoms with E-state index < -0.39 is 18.3 Å². The highest BCUT2D eigenvalue weighted by molar-refractivity contribution is 5.74. The van der Waals surface area contributed by atoms with Gasteiger partial charge in [0, 0.05) is 18.2 Å². The Morgan fingerprint density at radius 2 is 0.756 bits per heavy atom. The number of nitrogens with zero attached hydrogens (tertiary/aromatic N) is 3. The molecule has 0 bridgehead atoms. The molecule has 0 saturated heterocycles. The van der Waals surface area contributed by atoms with E-state index in [4.69, 9.17) is 14.2 Å². The first kappa shape index (κ1) is 33.2. The van der Waals surface area contributed by atoms with Crippen LogP contribution in [-0.2, 0) is 0 Å². The maximum absolute atomic E-state index is 10.9.